The van der Waals surface area contributed by atoms with E-state index in [1.165, 1.54) is 6.33 Å². The molecule has 0 unspecified atom stereocenters. The van der Waals surface area contributed by atoms with E-state index in [9.17, 15) is 0 Å². The van der Waals surface area contributed by atoms with Crippen molar-refractivity contribution in [1.29, 1.82) is 0 Å². The summed E-state index contributed by atoms with van der Waals surface area (Å²) in [6.45, 7) is 0.334. The maximum atomic E-state index is 6.29. The monoisotopic (exact) mass is 299 g/mol. The Morgan fingerprint density at radius 2 is 1.90 bits per heavy atom. The summed E-state index contributed by atoms with van der Waals surface area (Å²) in [5, 5.41) is 4.58. The van der Waals surface area contributed by atoms with Gasteiger partial charge >= 0.3 is 0 Å². The quantitative estimate of drug-likeness (QED) is 0.737. The first kappa shape index (κ1) is 13.6. The van der Waals surface area contributed by atoms with Crippen LogP contribution in [0, 0.1) is 0 Å². The Morgan fingerprint density at radius 1 is 1.10 bits per heavy atom. The van der Waals surface area contributed by atoms with Crippen LogP contribution in [0.4, 0.5) is 0 Å². The molecule has 0 saturated heterocycles. The van der Waals surface area contributed by atoms with E-state index in [1.54, 1.807) is 4.68 Å². The summed E-state index contributed by atoms with van der Waals surface area (Å²) >= 11 is 6.29. The van der Waals surface area contributed by atoms with Gasteiger partial charge in [0.15, 0.2) is 5.82 Å². The van der Waals surface area contributed by atoms with E-state index in [2.05, 4.69) is 10.1 Å². The molecule has 3 aromatic rings. The number of hydrogen-bond acceptors (Lipinski definition) is 3. The fourth-order valence-electron chi connectivity index (χ4n) is 2.02. The number of aromatic nitrogens is 3. The number of ether oxygens (including phenoxy) is 1. The van der Waals surface area contributed by atoms with Gasteiger partial charge in [-0.2, -0.15) is 5.10 Å². The van der Waals surface area contributed by atoms with Gasteiger partial charge in [0.1, 0.15) is 18.7 Å². The van der Waals surface area contributed by atoms with Gasteiger partial charge in [-0.1, -0.05) is 48.0 Å². The van der Waals surface area contributed by atoms with E-state index < -0.39 is 0 Å². The molecule has 0 atom stereocenters. The van der Waals surface area contributed by atoms with Crippen LogP contribution in [0.25, 0.3) is 11.1 Å². The minimum absolute atomic E-state index is 0.334. The minimum atomic E-state index is 0.334. The lowest BCUT2D eigenvalue weighted by molar-refractivity contribution is 0.290. The van der Waals surface area contributed by atoms with Gasteiger partial charge in [-0.25, -0.2) is 4.98 Å². The highest BCUT2D eigenvalue weighted by atomic mass is 35.5. The molecule has 0 saturated carbocycles. The van der Waals surface area contributed by atoms with Gasteiger partial charge < -0.3 is 4.74 Å². The molecule has 0 radical (unpaired) electrons. The maximum Gasteiger partial charge on any atom is 0.164 e. The van der Waals surface area contributed by atoms with Gasteiger partial charge in [0.2, 0.25) is 0 Å². The molecule has 0 aliphatic rings. The van der Waals surface area contributed by atoms with Crippen LogP contribution in [0.5, 0.6) is 5.75 Å². The van der Waals surface area contributed by atoms with Crippen molar-refractivity contribution in [2.75, 3.05) is 0 Å². The van der Waals surface area contributed by atoms with Gasteiger partial charge in [0.25, 0.3) is 0 Å². The SMILES string of the molecule is Cn1ncnc1COc1ccc(-c2ccccc2)cc1Cl. The summed E-state index contributed by atoms with van der Waals surface area (Å²) in [5.74, 6) is 1.39. The molecule has 0 aliphatic carbocycles. The molecule has 21 heavy (non-hydrogen) atoms. The van der Waals surface area contributed by atoms with E-state index in [4.69, 9.17) is 16.3 Å². The predicted molar refractivity (Wildman–Crippen MR) is 82.2 cm³/mol. The Morgan fingerprint density at radius 3 is 2.57 bits per heavy atom. The van der Waals surface area contributed by atoms with Gasteiger partial charge in [-0.05, 0) is 23.3 Å². The number of nitrogens with zero attached hydrogens (tertiary/aromatic N) is 3. The van der Waals surface area contributed by atoms with Crippen molar-refractivity contribution in [3.63, 3.8) is 0 Å². The molecular formula is C16H14ClN3O. The minimum Gasteiger partial charge on any atom is -0.484 e. The first-order chi connectivity index (χ1) is 10.2. The average Bonchev–Trinajstić information content (AvgIpc) is 2.92. The lowest BCUT2D eigenvalue weighted by atomic mass is 10.1. The molecule has 1 aromatic heterocycles. The zero-order chi connectivity index (χ0) is 14.7. The highest BCUT2D eigenvalue weighted by Crippen LogP contribution is 2.30. The van der Waals surface area contributed by atoms with Crippen LogP contribution in [0.3, 0.4) is 0 Å². The first-order valence-electron chi connectivity index (χ1n) is 6.54. The first-order valence-corrected chi connectivity index (χ1v) is 6.92. The van der Waals surface area contributed by atoms with Crippen molar-refractivity contribution in [3.05, 3.63) is 65.7 Å². The van der Waals surface area contributed by atoms with Crippen LogP contribution >= 0.6 is 11.6 Å². The van der Waals surface area contributed by atoms with Crippen LogP contribution < -0.4 is 4.74 Å². The summed E-state index contributed by atoms with van der Waals surface area (Å²) in [5.41, 5.74) is 2.19. The van der Waals surface area contributed by atoms with Gasteiger partial charge in [0, 0.05) is 7.05 Å². The molecule has 0 spiro atoms. The highest BCUT2D eigenvalue weighted by Gasteiger charge is 2.07. The summed E-state index contributed by atoms with van der Waals surface area (Å²) < 4.78 is 7.37. The standard InChI is InChI=1S/C16H14ClN3O/c1-20-16(18-11-19-20)10-21-15-8-7-13(9-14(15)17)12-5-3-2-4-6-12/h2-9,11H,10H2,1H3. The third kappa shape index (κ3) is 3.06. The summed E-state index contributed by atoms with van der Waals surface area (Å²) in [4.78, 5) is 4.11. The molecule has 106 valence electrons. The fraction of sp³-hybridized carbons (Fsp3) is 0.125. The number of aryl methyl sites for hydroxylation is 1. The molecule has 0 N–H and O–H groups in total. The number of hydrogen-bond donors (Lipinski definition) is 0. The zero-order valence-electron chi connectivity index (χ0n) is 11.5. The number of halogens is 1. The van der Waals surface area contributed by atoms with Crippen molar-refractivity contribution in [3.8, 4) is 16.9 Å². The van der Waals surface area contributed by atoms with Crippen molar-refractivity contribution >= 4 is 11.6 Å². The summed E-state index contributed by atoms with van der Waals surface area (Å²) in [6.07, 6.45) is 1.50. The van der Waals surface area contributed by atoms with Crippen LogP contribution in [0.1, 0.15) is 5.82 Å². The largest absolute Gasteiger partial charge is 0.484 e. The Kier molecular flexibility index (Phi) is 3.88. The molecule has 4 nitrogen and oxygen atoms in total. The smallest absolute Gasteiger partial charge is 0.164 e. The molecule has 3 rings (SSSR count). The van der Waals surface area contributed by atoms with E-state index in [-0.39, 0.29) is 0 Å². The molecule has 0 aliphatic heterocycles. The number of rotatable bonds is 4. The highest BCUT2D eigenvalue weighted by molar-refractivity contribution is 6.32. The molecule has 0 bridgehead atoms. The molecule has 1 heterocycles. The second-order valence-electron chi connectivity index (χ2n) is 4.60. The third-order valence-corrected chi connectivity index (χ3v) is 3.50. The molecule has 0 amide bonds. The molecule has 2 aromatic carbocycles. The second-order valence-corrected chi connectivity index (χ2v) is 5.01. The second kappa shape index (κ2) is 5.97. The molecular weight excluding hydrogens is 286 g/mol. The van der Waals surface area contributed by atoms with E-state index in [0.717, 1.165) is 17.0 Å². The fourth-order valence-corrected chi connectivity index (χ4v) is 2.26. The van der Waals surface area contributed by atoms with Gasteiger partial charge in [-0.15, -0.1) is 0 Å². The third-order valence-electron chi connectivity index (χ3n) is 3.20. The Balaban J connectivity index is 1.77. The van der Waals surface area contributed by atoms with Crippen molar-refractivity contribution in [2.45, 2.75) is 6.61 Å². The zero-order valence-corrected chi connectivity index (χ0v) is 12.3. The summed E-state index contributed by atoms with van der Waals surface area (Å²) in [7, 11) is 1.83. The van der Waals surface area contributed by atoms with Crippen LogP contribution in [0.15, 0.2) is 54.9 Å². The van der Waals surface area contributed by atoms with Gasteiger partial charge in [0.05, 0.1) is 5.02 Å². The van der Waals surface area contributed by atoms with Crippen LogP contribution in [0.2, 0.25) is 5.02 Å². The Labute approximate surface area is 128 Å². The lowest BCUT2D eigenvalue weighted by Crippen LogP contribution is -2.04. The normalized spacial score (nSPS) is 10.6. The van der Waals surface area contributed by atoms with Crippen LogP contribution in [-0.4, -0.2) is 14.8 Å². The molecule has 0 fully saturated rings. The van der Waals surface area contributed by atoms with E-state index >= 15 is 0 Å². The van der Waals surface area contributed by atoms with E-state index in [0.29, 0.717) is 17.4 Å². The van der Waals surface area contributed by atoms with Crippen molar-refractivity contribution in [1.82, 2.24) is 14.8 Å². The lowest BCUT2D eigenvalue weighted by Gasteiger charge is -2.09. The predicted octanol–water partition coefficient (Wildman–Crippen LogP) is 3.71. The van der Waals surface area contributed by atoms with Crippen LogP contribution in [-0.2, 0) is 13.7 Å². The maximum absolute atomic E-state index is 6.29. The van der Waals surface area contributed by atoms with E-state index in [1.807, 2.05) is 55.6 Å². The Bertz CT molecular complexity index is 740. The topological polar surface area (TPSA) is 39.9 Å². The average molecular weight is 300 g/mol. The number of benzene rings is 2. The molecule has 5 heteroatoms. The van der Waals surface area contributed by atoms with Crippen molar-refractivity contribution < 1.29 is 4.74 Å². The summed E-state index contributed by atoms with van der Waals surface area (Å²) in [6, 6.07) is 15.9. The van der Waals surface area contributed by atoms with Crippen molar-refractivity contribution in [2.24, 2.45) is 7.05 Å². The Hall–Kier alpha value is -2.33. The van der Waals surface area contributed by atoms with Gasteiger partial charge in [-0.3, -0.25) is 4.68 Å².